The zero-order chi connectivity index (χ0) is 22.1. The molecule has 9 heteroatoms. The van der Waals surface area contributed by atoms with E-state index in [2.05, 4.69) is 22.6 Å². The molecule has 0 unspecified atom stereocenters. The number of rotatable bonds is 8. The molecule has 1 aromatic carbocycles. The Kier molecular flexibility index (Phi) is 10.1. The predicted molar refractivity (Wildman–Crippen MR) is 122 cm³/mol. The molecule has 7 nitrogen and oxygen atoms in total. The van der Waals surface area contributed by atoms with Gasteiger partial charge in [-0.1, -0.05) is 65.1 Å². The maximum absolute atomic E-state index is 11.7. The molecule has 0 radical (unpaired) electrons. The number of carbonyl (C=O) groups is 3. The molecule has 0 amide bonds. The average molecular weight is 548 g/mol. The van der Waals surface area contributed by atoms with Crippen LogP contribution in [0.2, 0.25) is 0 Å². The number of thioether (sulfide) groups is 1. The lowest BCUT2D eigenvalue weighted by molar-refractivity contribution is -0.227. The summed E-state index contributed by atoms with van der Waals surface area (Å²) in [6.45, 7) is 3.80. The van der Waals surface area contributed by atoms with Crippen LogP contribution in [0.25, 0.3) is 6.08 Å². The molecular formula is C21H25IO7S. The number of ether oxygens (including phenoxy) is 4. The normalized spacial score (nSPS) is 26.2. The summed E-state index contributed by atoms with van der Waals surface area (Å²) in [6.07, 6.45) is 0.708. The number of hydrogen-bond donors (Lipinski definition) is 0. The van der Waals surface area contributed by atoms with Crippen LogP contribution in [0.15, 0.2) is 36.4 Å². The molecular weight excluding hydrogens is 523 g/mol. The Labute approximate surface area is 194 Å². The molecule has 0 spiro atoms. The maximum atomic E-state index is 11.7. The molecule has 1 aromatic rings. The maximum Gasteiger partial charge on any atom is 0.303 e. The molecule has 164 valence electrons. The van der Waals surface area contributed by atoms with Gasteiger partial charge >= 0.3 is 17.9 Å². The van der Waals surface area contributed by atoms with Crippen LogP contribution in [0.1, 0.15) is 26.3 Å². The van der Waals surface area contributed by atoms with E-state index in [1.165, 1.54) is 32.5 Å². The van der Waals surface area contributed by atoms with E-state index in [0.29, 0.717) is 10.2 Å². The van der Waals surface area contributed by atoms with Gasteiger partial charge in [-0.2, -0.15) is 0 Å². The third kappa shape index (κ3) is 7.59. The molecule has 0 aromatic heterocycles. The Hall–Kier alpha value is -1.59. The minimum Gasteiger partial charge on any atom is -0.456 e. The van der Waals surface area contributed by atoms with Gasteiger partial charge in [-0.3, -0.25) is 14.4 Å². The molecule has 1 aliphatic heterocycles. The summed E-state index contributed by atoms with van der Waals surface area (Å²) in [6, 6.07) is 9.85. The zero-order valence-corrected chi connectivity index (χ0v) is 20.0. The Morgan fingerprint density at radius 1 is 0.967 bits per heavy atom. The molecule has 0 N–H and O–H groups in total. The van der Waals surface area contributed by atoms with Crippen LogP contribution in [0.4, 0.5) is 0 Å². The van der Waals surface area contributed by atoms with E-state index in [4.69, 9.17) is 18.9 Å². The van der Waals surface area contributed by atoms with Crippen LogP contribution >= 0.6 is 34.4 Å². The van der Waals surface area contributed by atoms with Gasteiger partial charge in [0.25, 0.3) is 0 Å². The van der Waals surface area contributed by atoms with E-state index in [0.717, 1.165) is 5.56 Å². The molecule has 1 heterocycles. The van der Waals surface area contributed by atoms with Gasteiger partial charge in [0.15, 0.2) is 18.3 Å². The minimum absolute atomic E-state index is 0.497. The summed E-state index contributed by atoms with van der Waals surface area (Å²) in [5.41, 5.74) is 0.474. The van der Waals surface area contributed by atoms with Crippen LogP contribution in [-0.2, 0) is 33.3 Å². The third-order valence-corrected chi connectivity index (χ3v) is 6.08. The lowest BCUT2D eigenvalue weighted by Crippen LogP contribution is -2.61. The third-order valence-electron chi connectivity index (χ3n) is 4.12. The van der Waals surface area contributed by atoms with Crippen molar-refractivity contribution in [2.75, 3.05) is 10.2 Å². The number of benzene rings is 1. The van der Waals surface area contributed by atoms with Crippen molar-refractivity contribution in [3.8, 4) is 0 Å². The van der Waals surface area contributed by atoms with E-state index in [9.17, 15) is 14.4 Å². The molecule has 30 heavy (non-hydrogen) atoms. The van der Waals surface area contributed by atoms with Crippen molar-refractivity contribution in [2.24, 2.45) is 0 Å². The highest BCUT2D eigenvalue weighted by molar-refractivity contribution is 14.1. The van der Waals surface area contributed by atoms with E-state index >= 15 is 0 Å². The summed E-state index contributed by atoms with van der Waals surface area (Å²) in [7, 11) is 0. The average Bonchev–Trinajstić information content (AvgIpc) is 2.68. The van der Waals surface area contributed by atoms with E-state index in [1.807, 2.05) is 42.5 Å². The minimum atomic E-state index is -0.959. The molecule has 0 aliphatic carbocycles. The second kappa shape index (κ2) is 12.3. The topological polar surface area (TPSA) is 88.1 Å². The standard InChI is InChI=1S/C21H25IO7S/c1-13(23)26-18-17(12-22)29-21(20(28-15(3)25)19(18)27-14(2)24)30-11-7-10-16-8-5-4-6-9-16/h4-10,17-21H,11-12H2,1-3H3/t17-,18-,19+,20+,21-/m1/s1. The number of hydrogen-bond acceptors (Lipinski definition) is 8. The van der Waals surface area contributed by atoms with Gasteiger partial charge in [0.2, 0.25) is 0 Å². The fraction of sp³-hybridized carbons (Fsp3) is 0.476. The van der Waals surface area contributed by atoms with Crippen LogP contribution in [0, 0.1) is 0 Å². The Morgan fingerprint density at radius 3 is 2.10 bits per heavy atom. The Balaban J connectivity index is 2.20. The molecule has 2 rings (SSSR count). The van der Waals surface area contributed by atoms with Crippen LogP contribution in [-0.4, -0.2) is 57.9 Å². The lowest BCUT2D eigenvalue weighted by atomic mass is 10.00. The van der Waals surface area contributed by atoms with E-state index in [1.54, 1.807) is 0 Å². The second-order valence-corrected chi connectivity index (χ2v) is 8.58. The first-order chi connectivity index (χ1) is 14.3. The van der Waals surface area contributed by atoms with Crippen molar-refractivity contribution in [1.82, 2.24) is 0 Å². The van der Waals surface area contributed by atoms with Crippen molar-refractivity contribution in [3.63, 3.8) is 0 Å². The van der Waals surface area contributed by atoms with Gasteiger partial charge in [-0.05, 0) is 5.56 Å². The molecule has 0 saturated carbocycles. The van der Waals surface area contributed by atoms with Gasteiger partial charge in [0, 0.05) is 31.0 Å². The van der Waals surface area contributed by atoms with Crippen molar-refractivity contribution in [2.45, 2.75) is 50.6 Å². The Bertz CT molecular complexity index is 755. The van der Waals surface area contributed by atoms with E-state index in [-0.39, 0.29) is 0 Å². The van der Waals surface area contributed by atoms with Crippen molar-refractivity contribution in [3.05, 3.63) is 42.0 Å². The first-order valence-electron chi connectivity index (χ1n) is 9.38. The SMILES string of the molecule is CC(=O)O[C@@H]1[C@H](OC(C)=O)[C@@H](SCC=Cc2ccccc2)O[C@H](CI)[C@H]1OC(C)=O. The molecule has 1 saturated heterocycles. The molecule has 5 atom stereocenters. The molecule has 1 aliphatic rings. The quantitative estimate of drug-likeness (QED) is 0.212. The highest BCUT2D eigenvalue weighted by Crippen LogP contribution is 2.34. The predicted octanol–water partition coefficient (Wildman–Crippen LogP) is 3.39. The van der Waals surface area contributed by atoms with Gasteiger partial charge in [-0.25, -0.2) is 0 Å². The highest BCUT2D eigenvalue weighted by atomic mass is 127. The smallest absolute Gasteiger partial charge is 0.303 e. The fourth-order valence-corrected chi connectivity index (χ4v) is 4.74. The van der Waals surface area contributed by atoms with Crippen LogP contribution in [0.3, 0.4) is 0 Å². The van der Waals surface area contributed by atoms with Gasteiger partial charge < -0.3 is 18.9 Å². The summed E-state index contributed by atoms with van der Waals surface area (Å²) in [5, 5.41) is 0. The largest absolute Gasteiger partial charge is 0.456 e. The summed E-state index contributed by atoms with van der Waals surface area (Å²) in [4.78, 5) is 35.1. The van der Waals surface area contributed by atoms with Gasteiger partial charge in [0.05, 0.1) is 0 Å². The zero-order valence-electron chi connectivity index (χ0n) is 17.0. The van der Waals surface area contributed by atoms with Gasteiger partial charge in [0.1, 0.15) is 11.5 Å². The first-order valence-corrected chi connectivity index (χ1v) is 12.0. The number of halogens is 1. The number of esters is 3. The van der Waals surface area contributed by atoms with Crippen molar-refractivity contribution >= 4 is 58.3 Å². The van der Waals surface area contributed by atoms with Crippen molar-refractivity contribution < 1.29 is 33.3 Å². The molecule has 0 bridgehead atoms. The van der Waals surface area contributed by atoms with Crippen LogP contribution < -0.4 is 0 Å². The van der Waals surface area contributed by atoms with Crippen molar-refractivity contribution in [1.29, 1.82) is 0 Å². The molecule has 1 fully saturated rings. The number of alkyl halides is 1. The lowest BCUT2D eigenvalue weighted by Gasteiger charge is -2.44. The first kappa shape index (κ1) is 24.7. The van der Waals surface area contributed by atoms with Crippen LogP contribution in [0.5, 0.6) is 0 Å². The summed E-state index contributed by atoms with van der Waals surface area (Å²) in [5.74, 6) is -1.05. The van der Waals surface area contributed by atoms with Gasteiger partial charge in [-0.15, -0.1) is 11.8 Å². The monoisotopic (exact) mass is 548 g/mol. The fourth-order valence-electron chi connectivity index (χ4n) is 3.01. The summed E-state index contributed by atoms with van der Waals surface area (Å²) < 4.78 is 22.9. The second-order valence-electron chi connectivity index (χ2n) is 6.57. The van der Waals surface area contributed by atoms with E-state index < -0.39 is 47.8 Å². The number of carbonyl (C=O) groups excluding carboxylic acids is 3. The summed E-state index contributed by atoms with van der Waals surface area (Å²) >= 11 is 3.54. The Morgan fingerprint density at radius 2 is 1.53 bits per heavy atom. The highest BCUT2D eigenvalue weighted by Gasteiger charge is 2.51.